The van der Waals surface area contributed by atoms with Crippen LogP contribution in [0.2, 0.25) is 0 Å². The Hall–Kier alpha value is -0.220. The number of ether oxygens (including phenoxy) is 1. The molecular formula is C8H16N2OS. The topological polar surface area (TPSA) is 59.1 Å². The van der Waals surface area contributed by atoms with Crippen LogP contribution < -0.4 is 5.73 Å². The van der Waals surface area contributed by atoms with Crippen molar-refractivity contribution in [2.75, 3.05) is 12.4 Å². The zero-order chi connectivity index (χ0) is 8.97. The van der Waals surface area contributed by atoms with Crippen LogP contribution in [0.1, 0.15) is 19.8 Å². The van der Waals surface area contributed by atoms with Gasteiger partial charge in [-0.25, -0.2) is 0 Å². The van der Waals surface area contributed by atoms with Crippen molar-refractivity contribution >= 4 is 16.9 Å². The molecule has 12 heavy (non-hydrogen) atoms. The first-order valence-corrected chi connectivity index (χ1v) is 5.25. The first kappa shape index (κ1) is 9.86. The summed E-state index contributed by atoms with van der Waals surface area (Å²) in [5.41, 5.74) is 5.26. The van der Waals surface area contributed by atoms with Crippen molar-refractivity contribution in [3.63, 3.8) is 0 Å². The van der Waals surface area contributed by atoms with E-state index in [9.17, 15) is 0 Å². The number of hydrogen-bond donors (Lipinski definition) is 2. The second-order valence-corrected chi connectivity index (χ2v) is 4.31. The van der Waals surface area contributed by atoms with E-state index in [2.05, 4.69) is 6.92 Å². The van der Waals surface area contributed by atoms with Crippen LogP contribution >= 0.6 is 11.8 Å². The predicted molar refractivity (Wildman–Crippen MR) is 52.5 cm³/mol. The SMILES string of the molecule is CC1CC(CSC(=N)N)CCO1. The Labute approximate surface area is 77.5 Å². The van der Waals surface area contributed by atoms with Crippen LogP contribution in [0.15, 0.2) is 0 Å². The van der Waals surface area contributed by atoms with Gasteiger partial charge in [0.25, 0.3) is 0 Å². The van der Waals surface area contributed by atoms with E-state index in [0.717, 1.165) is 25.2 Å². The summed E-state index contributed by atoms with van der Waals surface area (Å²) < 4.78 is 5.42. The van der Waals surface area contributed by atoms with Crippen LogP contribution in [-0.2, 0) is 4.74 Å². The molecule has 1 aliphatic rings. The molecule has 2 atom stereocenters. The summed E-state index contributed by atoms with van der Waals surface area (Å²) in [6.45, 7) is 2.97. The minimum absolute atomic E-state index is 0.231. The molecule has 0 radical (unpaired) electrons. The Kier molecular flexibility index (Phi) is 3.88. The van der Waals surface area contributed by atoms with Gasteiger partial charge >= 0.3 is 0 Å². The second kappa shape index (κ2) is 4.72. The molecule has 1 saturated heterocycles. The minimum atomic E-state index is 0.231. The van der Waals surface area contributed by atoms with Gasteiger partial charge in [-0.05, 0) is 25.7 Å². The highest BCUT2D eigenvalue weighted by molar-refractivity contribution is 8.13. The van der Waals surface area contributed by atoms with E-state index in [0.29, 0.717) is 12.0 Å². The number of nitrogens with one attached hydrogen (secondary N) is 1. The molecule has 0 saturated carbocycles. The maximum absolute atomic E-state index is 7.07. The van der Waals surface area contributed by atoms with Crippen LogP contribution in [0.3, 0.4) is 0 Å². The molecule has 1 rings (SSSR count). The quantitative estimate of drug-likeness (QED) is 0.509. The summed E-state index contributed by atoms with van der Waals surface area (Å²) in [5, 5.41) is 7.30. The lowest BCUT2D eigenvalue weighted by molar-refractivity contribution is 0.00785. The number of hydrogen-bond acceptors (Lipinski definition) is 3. The van der Waals surface area contributed by atoms with E-state index in [-0.39, 0.29) is 5.17 Å². The smallest absolute Gasteiger partial charge is 0.151 e. The van der Waals surface area contributed by atoms with Gasteiger partial charge < -0.3 is 10.5 Å². The molecule has 2 unspecified atom stereocenters. The molecule has 70 valence electrons. The molecule has 0 bridgehead atoms. The Morgan fingerprint density at radius 3 is 3.08 bits per heavy atom. The summed E-state index contributed by atoms with van der Waals surface area (Å²) in [5.74, 6) is 1.66. The lowest BCUT2D eigenvalue weighted by Gasteiger charge is -2.26. The molecule has 0 aromatic rings. The Balaban J connectivity index is 2.18. The van der Waals surface area contributed by atoms with E-state index < -0.39 is 0 Å². The molecular weight excluding hydrogens is 172 g/mol. The highest BCUT2D eigenvalue weighted by atomic mass is 32.2. The largest absolute Gasteiger partial charge is 0.379 e. The second-order valence-electron chi connectivity index (χ2n) is 3.25. The number of nitrogens with two attached hydrogens (primary N) is 1. The van der Waals surface area contributed by atoms with Gasteiger partial charge in [-0.1, -0.05) is 11.8 Å². The third-order valence-corrected chi connectivity index (χ3v) is 3.02. The summed E-state index contributed by atoms with van der Waals surface area (Å²) in [6, 6.07) is 0. The van der Waals surface area contributed by atoms with Crippen molar-refractivity contribution in [3.8, 4) is 0 Å². The maximum Gasteiger partial charge on any atom is 0.151 e. The van der Waals surface area contributed by atoms with Gasteiger partial charge in [-0.3, -0.25) is 5.41 Å². The predicted octanol–water partition coefficient (Wildman–Crippen LogP) is 1.43. The molecule has 1 heterocycles. The van der Waals surface area contributed by atoms with Gasteiger partial charge in [0.1, 0.15) is 0 Å². The fourth-order valence-electron chi connectivity index (χ4n) is 1.45. The van der Waals surface area contributed by atoms with Gasteiger partial charge in [0, 0.05) is 12.4 Å². The number of amidine groups is 1. The molecule has 4 heteroatoms. The number of rotatable bonds is 2. The highest BCUT2D eigenvalue weighted by Crippen LogP contribution is 2.23. The Morgan fingerprint density at radius 2 is 2.50 bits per heavy atom. The highest BCUT2D eigenvalue weighted by Gasteiger charge is 2.19. The van der Waals surface area contributed by atoms with E-state index >= 15 is 0 Å². The summed E-state index contributed by atoms with van der Waals surface area (Å²) in [4.78, 5) is 0. The fourth-order valence-corrected chi connectivity index (χ4v) is 2.17. The monoisotopic (exact) mass is 188 g/mol. The molecule has 1 fully saturated rings. The van der Waals surface area contributed by atoms with Crippen LogP contribution in [0.5, 0.6) is 0 Å². The molecule has 0 amide bonds. The van der Waals surface area contributed by atoms with Crippen molar-refractivity contribution in [2.45, 2.75) is 25.9 Å². The molecule has 1 aliphatic heterocycles. The van der Waals surface area contributed by atoms with Gasteiger partial charge in [-0.15, -0.1) is 0 Å². The van der Waals surface area contributed by atoms with E-state index in [1.54, 1.807) is 0 Å². The minimum Gasteiger partial charge on any atom is -0.379 e. The lowest BCUT2D eigenvalue weighted by Crippen LogP contribution is -2.25. The summed E-state index contributed by atoms with van der Waals surface area (Å²) in [6.07, 6.45) is 2.61. The molecule has 0 spiro atoms. The van der Waals surface area contributed by atoms with Gasteiger partial charge in [-0.2, -0.15) is 0 Å². The molecule has 3 N–H and O–H groups in total. The standard InChI is InChI=1S/C8H16N2OS/c1-6-4-7(2-3-11-6)5-12-8(9)10/h6-7H,2-5H2,1H3,(H3,9,10). The third kappa shape index (κ3) is 3.45. The zero-order valence-corrected chi connectivity index (χ0v) is 8.19. The Bertz CT molecular complexity index is 163. The number of thioether (sulfide) groups is 1. The van der Waals surface area contributed by atoms with E-state index in [1.807, 2.05) is 0 Å². The fraction of sp³-hybridized carbons (Fsp3) is 0.875. The van der Waals surface area contributed by atoms with Crippen molar-refractivity contribution in [2.24, 2.45) is 11.7 Å². The van der Waals surface area contributed by atoms with Crippen molar-refractivity contribution in [1.82, 2.24) is 0 Å². The average Bonchev–Trinajstić information content (AvgIpc) is 2.01. The molecule has 0 aliphatic carbocycles. The first-order valence-electron chi connectivity index (χ1n) is 4.27. The average molecular weight is 188 g/mol. The van der Waals surface area contributed by atoms with E-state index in [4.69, 9.17) is 15.9 Å². The van der Waals surface area contributed by atoms with Gasteiger partial charge in [0.15, 0.2) is 5.17 Å². The maximum atomic E-state index is 7.07. The van der Waals surface area contributed by atoms with Crippen molar-refractivity contribution in [1.29, 1.82) is 5.41 Å². The zero-order valence-electron chi connectivity index (χ0n) is 7.38. The van der Waals surface area contributed by atoms with E-state index in [1.165, 1.54) is 11.8 Å². The van der Waals surface area contributed by atoms with Crippen LogP contribution in [-0.4, -0.2) is 23.6 Å². The molecule has 3 nitrogen and oxygen atoms in total. The van der Waals surface area contributed by atoms with Gasteiger partial charge in [0.05, 0.1) is 6.10 Å². The molecule has 0 aromatic carbocycles. The van der Waals surface area contributed by atoms with Crippen LogP contribution in [0.25, 0.3) is 0 Å². The van der Waals surface area contributed by atoms with Gasteiger partial charge in [0.2, 0.25) is 0 Å². The summed E-state index contributed by atoms with van der Waals surface area (Å²) in [7, 11) is 0. The normalized spacial score (nSPS) is 30.1. The van der Waals surface area contributed by atoms with Crippen LogP contribution in [0, 0.1) is 11.3 Å². The Morgan fingerprint density at radius 1 is 1.75 bits per heavy atom. The molecule has 0 aromatic heterocycles. The third-order valence-electron chi connectivity index (χ3n) is 2.07. The van der Waals surface area contributed by atoms with Crippen molar-refractivity contribution in [3.05, 3.63) is 0 Å². The van der Waals surface area contributed by atoms with Crippen LogP contribution in [0.4, 0.5) is 0 Å². The van der Waals surface area contributed by atoms with Crippen molar-refractivity contribution < 1.29 is 4.74 Å². The lowest BCUT2D eigenvalue weighted by atomic mass is 9.98. The summed E-state index contributed by atoms with van der Waals surface area (Å²) >= 11 is 1.45. The first-order chi connectivity index (χ1) is 5.68.